The van der Waals surface area contributed by atoms with Gasteiger partial charge in [-0.15, -0.1) is 0 Å². The number of sulfone groups is 1. The van der Waals surface area contributed by atoms with Crippen LogP contribution >= 0.6 is 0 Å². The molecule has 2 N–H and O–H groups in total. The summed E-state index contributed by atoms with van der Waals surface area (Å²) in [4.78, 5) is 2.49. The summed E-state index contributed by atoms with van der Waals surface area (Å²) in [6.45, 7) is 4.05. The Morgan fingerprint density at radius 3 is 2.44 bits per heavy atom. The lowest BCUT2D eigenvalue weighted by Crippen LogP contribution is -2.33. The molecule has 1 aromatic rings. The molecule has 100 valence electrons. The average molecular weight is 268 g/mol. The van der Waals surface area contributed by atoms with Crippen LogP contribution in [0, 0.1) is 5.92 Å². The first kappa shape index (κ1) is 13.2. The molecule has 0 aromatic heterocycles. The van der Waals surface area contributed by atoms with E-state index >= 15 is 0 Å². The Morgan fingerprint density at radius 2 is 1.89 bits per heavy atom. The van der Waals surface area contributed by atoms with Gasteiger partial charge in [0.2, 0.25) is 0 Å². The summed E-state index contributed by atoms with van der Waals surface area (Å²) in [6.07, 6.45) is 3.44. The monoisotopic (exact) mass is 268 g/mol. The van der Waals surface area contributed by atoms with E-state index in [2.05, 4.69) is 11.8 Å². The number of nitrogens with zero attached hydrogens (tertiary/aromatic N) is 1. The summed E-state index contributed by atoms with van der Waals surface area (Å²) >= 11 is 0. The highest BCUT2D eigenvalue weighted by Gasteiger charge is 2.22. The summed E-state index contributed by atoms with van der Waals surface area (Å²) in [5.41, 5.74) is 6.97. The third-order valence-electron chi connectivity index (χ3n) is 3.51. The van der Waals surface area contributed by atoms with Crippen LogP contribution in [-0.2, 0) is 9.84 Å². The number of benzene rings is 1. The summed E-state index contributed by atoms with van der Waals surface area (Å²) in [7, 11) is -3.24. The molecule has 0 bridgehead atoms. The highest BCUT2D eigenvalue weighted by atomic mass is 32.2. The van der Waals surface area contributed by atoms with E-state index in [0.29, 0.717) is 10.6 Å². The van der Waals surface area contributed by atoms with Crippen molar-refractivity contribution in [1.29, 1.82) is 0 Å². The van der Waals surface area contributed by atoms with Gasteiger partial charge in [0.1, 0.15) is 0 Å². The lowest BCUT2D eigenvalue weighted by molar-refractivity contribution is 0.437. The van der Waals surface area contributed by atoms with Crippen molar-refractivity contribution in [2.45, 2.75) is 24.7 Å². The minimum absolute atomic E-state index is 0.344. The number of nitrogen functional groups attached to an aromatic ring is 1. The molecule has 1 saturated heterocycles. The number of hydrogen-bond donors (Lipinski definition) is 1. The molecule has 1 fully saturated rings. The van der Waals surface area contributed by atoms with E-state index in [1.54, 1.807) is 12.1 Å². The first-order valence-electron chi connectivity index (χ1n) is 6.22. The predicted molar refractivity (Wildman–Crippen MR) is 74.6 cm³/mol. The van der Waals surface area contributed by atoms with Gasteiger partial charge in [0.05, 0.1) is 10.6 Å². The van der Waals surface area contributed by atoms with E-state index in [0.717, 1.165) is 37.5 Å². The lowest BCUT2D eigenvalue weighted by atomic mass is 9.99. The van der Waals surface area contributed by atoms with Gasteiger partial charge in [0, 0.05) is 25.0 Å². The van der Waals surface area contributed by atoms with E-state index in [4.69, 9.17) is 5.73 Å². The largest absolute Gasteiger partial charge is 0.399 e. The van der Waals surface area contributed by atoms with Gasteiger partial charge in [-0.3, -0.25) is 0 Å². The van der Waals surface area contributed by atoms with Crippen LogP contribution in [0.5, 0.6) is 0 Å². The second kappa shape index (κ2) is 4.80. The molecule has 0 atom stereocenters. The Kier molecular flexibility index (Phi) is 3.52. The molecular weight excluding hydrogens is 248 g/mol. The van der Waals surface area contributed by atoms with E-state index < -0.39 is 9.84 Å². The van der Waals surface area contributed by atoms with Gasteiger partial charge in [-0.25, -0.2) is 8.42 Å². The quantitative estimate of drug-likeness (QED) is 0.832. The van der Waals surface area contributed by atoms with E-state index in [1.807, 2.05) is 6.07 Å². The van der Waals surface area contributed by atoms with Crippen LogP contribution in [0.1, 0.15) is 19.8 Å². The van der Waals surface area contributed by atoms with Crippen molar-refractivity contribution < 1.29 is 8.42 Å². The molecule has 18 heavy (non-hydrogen) atoms. The third kappa shape index (κ3) is 2.77. The highest BCUT2D eigenvalue weighted by molar-refractivity contribution is 7.90. The van der Waals surface area contributed by atoms with Crippen LogP contribution in [0.2, 0.25) is 0 Å². The number of hydrogen-bond acceptors (Lipinski definition) is 4. The first-order valence-corrected chi connectivity index (χ1v) is 8.11. The number of anilines is 2. The van der Waals surface area contributed by atoms with Crippen molar-refractivity contribution in [2.75, 3.05) is 30.0 Å². The fraction of sp³-hybridized carbons (Fsp3) is 0.538. The fourth-order valence-corrected chi connectivity index (χ4v) is 3.27. The number of piperidine rings is 1. The smallest absolute Gasteiger partial charge is 0.177 e. The van der Waals surface area contributed by atoms with E-state index in [9.17, 15) is 8.42 Å². The van der Waals surface area contributed by atoms with Gasteiger partial charge in [-0.2, -0.15) is 0 Å². The molecule has 1 aliphatic rings. The van der Waals surface area contributed by atoms with Crippen molar-refractivity contribution in [2.24, 2.45) is 5.92 Å². The topological polar surface area (TPSA) is 63.4 Å². The molecule has 5 heteroatoms. The maximum absolute atomic E-state index is 11.8. The minimum atomic E-state index is -3.24. The molecule has 0 unspecified atom stereocenters. The molecule has 0 saturated carbocycles. The van der Waals surface area contributed by atoms with Crippen LogP contribution in [0.3, 0.4) is 0 Å². The molecule has 1 heterocycles. The molecule has 0 amide bonds. The lowest BCUT2D eigenvalue weighted by Gasteiger charge is -2.33. The molecule has 1 aliphatic heterocycles. The summed E-state index contributed by atoms with van der Waals surface area (Å²) < 4.78 is 23.7. The molecule has 2 rings (SSSR count). The highest BCUT2D eigenvalue weighted by Crippen LogP contribution is 2.30. The van der Waals surface area contributed by atoms with Crippen molar-refractivity contribution in [3.63, 3.8) is 0 Å². The second-order valence-electron chi connectivity index (χ2n) is 5.17. The Balaban J connectivity index is 2.39. The zero-order valence-corrected chi connectivity index (χ0v) is 11.7. The Hall–Kier alpha value is -1.23. The summed E-state index contributed by atoms with van der Waals surface area (Å²) in [5, 5.41) is 0. The second-order valence-corrected chi connectivity index (χ2v) is 7.15. The molecule has 0 aliphatic carbocycles. The van der Waals surface area contributed by atoms with Crippen LogP contribution in [0.4, 0.5) is 11.4 Å². The molecular formula is C13H20N2O2S. The van der Waals surface area contributed by atoms with Gasteiger partial charge < -0.3 is 10.6 Å². The van der Waals surface area contributed by atoms with E-state index in [1.165, 1.54) is 6.26 Å². The van der Waals surface area contributed by atoms with Gasteiger partial charge >= 0.3 is 0 Å². The zero-order chi connectivity index (χ0) is 13.3. The van der Waals surface area contributed by atoms with Gasteiger partial charge in [-0.05, 0) is 37.0 Å². The fourth-order valence-electron chi connectivity index (χ4n) is 2.34. The zero-order valence-electron chi connectivity index (χ0n) is 10.9. The number of nitrogens with two attached hydrogens (primary N) is 1. The molecule has 4 nitrogen and oxygen atoms in total. The van der Waals surface area contributed by atoms with Crippen LogP contribution in [0.25, 0.3) is 0 Å². The normalized spacial score (nSPS) is 18.0. The average Bonchev–Trinajstić information content (AvgIpc) is 2.29. The minimum Gasteiger partial charge on any atom is -0.399 e. The molecule has 0 spiro atoms. The Labute approximate surface area is 109 Å². The van der Waals surface area contributed by atoms with Gasteiger partial charge in [0.15, 0.2) is 9.84 Å². The molecule has 1 aromatic carbocycles. The number of rotatable bonds is 2. The predicted octanol–water partition coefficient (Wildman–Crippen LogP) is 1.91. The standard InChI is InChI=1S/C13H20N2O2S/c1-10-5-7-15(8-6-10)12-4-3-11(14)9-13(12)18(2,16)17/h3-4,9-10H,5-8,14H2,1-2H3. The maximum atomic E-state index is 11.8. The van der Waals surface area contributed by atoms with E-state index in [-0.39, 0.29) is 0 Å². The maximum Gasteiger partial charge on any atom is 0.177 e. The van der Waals surface area contributed by atoms with Crippen molar-refractivity contribution >= 4 is 21.2 Å². The molecule has 0 radical (unpaired) electrons. The van der Waals surface area contributed by atoms with Gasteiger partial charge in [0.25, 0.3) is 0 Å². The van der Waals surface area contributed by atoms with Gasteiger partial charge in [-0.1, -0.05) is 6.92 Å². The van der Waals surface area contributed by atoms with Crippen LogP contribution in [0.15, 0.2) is 23.1 Å². The summed E-state index contributed by atoms with van der Waals surface area (Å²) in [6, 6.07) is 5.15. The Morgan fingerprint density at radius 1 is 1.28 bits per heavy atom. The van der Waals surface area contributed by atoms with Crippen molar-refractivity contribution in [1.82, 2.24) is 0 Å². The van der Waals surface area contributed by atoms with Crippen molar-refractivity contribution in [3.8, 4) is 0 Å². The Bertz CT molecular complexity index is 532. The van der Waals surface area contributed by atoms with Crippen molar-refractivity contribution in [3.05, 3.63) is 18.2 Å². The summed E-state index contributed by atoms with van der Waals surface area (Å²) in [5.74, 6) is 0.719. The van der Waals surface area contributed by atoms with Crippen LogP contribution in [-0.4, -0.2) is 27.8 Å². The first-order chi connectivity index (χ1) is 8.38. The van der Waals surface area contributed by atoms with Crippen LogP contribution < -0.4 is 10.6 Å². The SMILES string of the molecule is CC1CCN(c2ccc(N)cc2S(C)(=O)=O)CC1. The third-order valence-corrected chi connectivity index (χ3v) is 4.63.